The van der Waals surface area contributed by atoms with E-state index < -0.39 is 0 Å². The monoisotopic (exact) mass is 429 g/mol. The first-order valence-corrected chi connectivity index (χ1v) is 10.1. The van der Waals surface area contributed by atoms with Crippen LogP contribution in [0.4, 0.5) is 5.69 Å². The highest BCUT2D eigenvalue weighted by molar-refractivity contribution is 7.80. The fourth-order valence-corrected chi connectivity index (χ4v) is 4.04. The molecule has 0 spiro atoms. The topological polar surface area (TPSA) is 80.8 Å². The number of methoxy groups -OCH3 is 3. The van der Waals surface area contributed by atoms with Crippen LogP contribution in [-0.2, 0) is 6.42 Å². The first-order valence-electron chi connectivity index (χ1n) is 9.65. The van der Waals surface area contributed by atoms with Crippen molar-refractivity contribution in [3.05, 3.63) is 45.6 Å². The molecule has 1 aliphatic rings. The lowest BCUT2D eigenvalue weighted by molar-refractivity contribution is 0.324. The number of benzene rings is 1. The molecule has 0 radical (unpaired) electrons. The van der Waals surface area contributed by atoms with E-state index in [9.17, 15) is 4.79 Å². The van der Waals surface area contributed by atoms with Crippen LogP contribution >= 0.6 is 12.2 Å². The van der Waals surface area contributed by atoms with E-state index in [0.717, 1.165) is 35.1 Å². The third-order valence-corrected chi connectivity index (χ3v) is 5.66. The summed E-state index contributed by atoms with van der Waals surface area (Å²) in [4.78, 5) is 12.8. The SMILES string of the molecule is CNC(=S)N[C@H]1CCc2cc(OC)c(OC)c(OC)c2-c2ccc(NC)c(=O)cc21. The van der Waals surface area contributed by atoms with E-state index in [1.807, 2.05) is 12.1 Å². The van der Waals surface area contributed by atoms with Crippen molar-refractivity contribution in [3.8, 4) is 28.4 Å². The molecule has 160 valence electrons. The molecule has 0 bridgehead atoms. The molecule has 0 aromatic heterocycles. The zero-order chi connectivity index (χ0) is 21.8. The molecule has 0 saturated carbocycles. The predicted octanol–water partition coefficient (Wildman–Crippen LogP) is 2.86. The lowest BCUT2D eigenvalue weighted by atomic mass is 9.95. The lowest BCUT2D eigenvalue weighted by Crippen LogP contribution is -2.35. The Balaban J connectivity index is 2.38. The Morgan fingerprint density at radius 3 is 2.40 bits per heavy atom. The zero-order valence-electron chi connectivity index (χ0n) is 17.8. The second kappa shape index (κ2) is 9.21. The van der Waals surface area contributed by atoms with E-state index in [1.54, 1.807) is 47.6 Å². The maximum Gasteiger partial charge on any atom is 0.203 e. The maximum absolute atomic E-state index is 12.8. The van der Waals surface area contributed by atoms with Gasteiger partial charge in [0.2, 0.25) is 11.2 Å². The number of hydrogen-bond donors (Lipinski definition) is 3. The van der Waals surface area contributed by atoms with Gasteiger partial charge in [-0.1, -0.05) is 6.07 Å². The van der Waals surface area contributed by atoms with Crippen LogP contribution in [-0.4, -0.2) is 40.5 Å². The molecule has 8 heteroatoms. The maximum atomic E-state index is 12.8. The van der Waals surface area contributed by atoms with Gasteiger partial charge in [0.1, 0.15) is 0 Å². The molecule has 2 aromatic carbocycles. The Labute approximate surface area is 181 Å². The van der Waals surface area contributed by atoms with E-state index in [-0.39, 0.29) is 11.5 Å². The van der Waals surface area contributed by atoms with Crippen molar-refractivity contribution in [2.24, 2.45) is 0 Å². The normalized spacial score (nSPS) is 14.5. The Kier molecular flexibility index (Phi) is 6.66. The summed E-state index contributed by atoms with van der Waals surface area (Å²) in [6, 6.07) is 7.22. The number of anilines is 1. The van der Waals surface area contributed by atoms with Crippen molar-refractivity contribution >= 4 is 23.0 Å². The Bertz CT molecular complexity index is 1030. The molecular weight excluding hydrogens is 402 g/mol. The number of rotatable bonds is 5. The van der Waals surface area contributed by atoms with Crippen LogP contribution in [0.3, 0.4) is 0 Å². The number of hydrogen-bond acceptors (Lipinski definition) is 6. The predicted molar refractivity (Wildman–Crippen MR) is 123 cm³/mol. The quantitative estimate of drug-likeness (QED) is 0.626. The summed E-state index contributed by atoms with van der Waals surface area (Å²) in [5, 5.41) is 9.77. The summed E-state index contributed by atoms with van der Waals surface area (Å²) in [6.45, 7) is 0. The van der Waals surface area contributed by atoms with Crippen molar-refractivity contribution < 1.29 is 14.2 Å². The lowest BCUT2D eigenvalue weighted by Gasteiger charge is -2.20. The largest absolute Gasteiger partial charge is 0.493 e. The second-order valence-electron chi connectivity index (χ2n) is 6.87. The number of thiocarbonyl (C=S) groups is 1. The van der Waals surface area contributed by atoms with E-state index in [4.69, 9.17) is 26.4 Å². The Morgan fingerprint density at radius 2 is 1.80 bits per heavy atom. The molecule has 7 nitrogen and oxygen atoms in total. The van der Waals surface area contributed by atoms with Crippen LogP contribution in [0.25, 0.3) is 11.1 Å². The van der Waals surface area contributed by atoms with Crippen LogP contribution in [0.2, 0.25) is 0 Å². The minimum atomic E-state index is -0.154. The molecule has 2 aromatic rings. The van der Waals surface area contributed by atoms with Gasteiger partial charge in [-0.2, -0.15) is 0 Å². The van der Waals surface area contributed by atoms with E-state index in [1.165, 1.54) is 0 Å². The molecule has 0 amide bonds. The fourth-order valence-electron chi connectivity index (χ4n) is 3.90. The van der Waals surface area contributed by atoms with Crippen LogP contribution in [0, 0.1) is 0 Å². The third kappa shape index (κ3) is 3.87. The van der Waals surface area contributed by atoms with Gasteiger partial charge in [0.05, 0.1) is 33.1 Å². The average molecular weight is 430 g/mol. The van der Waals surface area contributed by atoms with E-state index in [2.05, 4.69) is 16.0 Å². The molecular formula is C22H27N3O4S. The molecule has 30 heavy (non-hydrogen) atoms. The van der Waals surface area contributed by atoms with Gasteiger partial charge in [-0.3, -0.25) is 4.79 Å². The minimum Gasteiger partial charge on any atom is -0.493 e. The van der Waals surface area contributed by atoms with Gasteiger partial charge in [0, 0.05) is 19.7 Å². The van der Waals surface area contributed by atoms with Crippen molar-refractivity contribution in [1.82, 2.24) is 10.6 Å². The Morgan fingerprint density at radius 1 is 1.07 bits per heavy atom. The molecule has 3 rings (SSSR count). The fraction of sp³-hybridized carbons (Fsp3) is 0.364. The highest BCUT2D eigenvalue weighted by Gasteiger charge is 2.29. The van der Waals surface area contributed by atoms with E-state index >= 15 is 0 Å². The third-order valence-electron chi connectivity index (χ3n) is 5.34. The Hall–Kier alpha value is -3.00. The molecule has 3 N–H and O–H groups in total. The summed E-state index contributed by atoms with van der Waals surface area (Å²) in [5.74, 6) is 1.70. The first-order chi connectivity index (χ1) is 14.5. The summed E-state index contributed by atoms with van der Waals surface area (Å²) in [5.41, 5.74) is 4.10. The van der Waals surface area contributed by atoms with Crippen molar-refractivity contribution in [3.63, 3.8) is 0 Å². The smallest absolute Gasteiger partial charge is 0.203 e. The highest BCUT2D eigenvalue weighted by Crippen LogP contribution is 2.50. The number of aryl methyl sites for hydroxylation is 1. The van der Waals surface area contributed by atoms with Gasteiger partial charge < -0.3 is 30.2 Å². The summed E-state index contributed by atoms with van der Waals surface area (Å²) in [6.07, 6.45) is 1.47. The minimum absolute atomic E-state index is 0.0937. The molecule has 1 atom stereocenters. The highest BCUT2D eigenvalue weighted by atomic mass is 32.1. The molecule has 0 unspecified atom stereocenters. The summed E-state index contributed by atoms with van der Waals surface area (Å²) >= 11 is 5.35. The standard InChI is InChI=1S/C22H27N3O4S/c1-23-16-9-7-13-14(11-17(16)26)15(25-22(30)24-2)8-6-12-10-18(27-3)20(28-4)21(29-5)19(12)13/h7,9-11,15H,6,8H2,1-5H3,(H,23,26)(H2,24,25,30)/t15-/m0/s1. The van der Waals surface area contributed by atoms with Crippen molar-refractivity contribution in [2.45, 2.75) is 18.9 Å². The van der Waals surface area contributed by atoms with Crippen LogP contribution in [0.5, 0.6) is 17.2 Å². The van der Waals surface area contributed by atoms with Gasteiger partial charge in [-0.25, -0.2) is 0 Å². The van der Waals surface area contributed by atoms with E-state index in [0.29, 0.717) is 28.0 Å². The molecule has 0 saturated heterocycles. The van der Waals surface area contributed by atoms with Crippen molar-refractivity contribution in [1.29, 1.82) is 0 Å². The molecule has 0 aliphatic heterocycles. The average Bonchev–Trinajstić information content (AvgIpc) is 3.00. The first kappa shape index (κ1) is 21.7. The van der Waals surface area contributed by atoms with Crippen LogP contribution in [0.1, 0.15) is 23.6 Å². The van der Waals surface area contributed by atoms with Crippen molar-refractivity contribution in [2.75, 3.05) is 40.7 Å². The van der Waals surface area contributed by atoms with Crippen LogP contribution in [0.15, 0.2) is 29.1 Å². The van der Waals surface area contributed by atoms with Gasteiger partial charge in [0.15, 0.2) is 16.6 Å². The zero-order valence-corrected chi connectivity index (χ0v) is 18.7. The summed E-state index contributed by atoms with van der Waals surface area (Å²) < 4.78 is 16.9. The molecule has 1 aliphatic carbocycles. The number of fused-ring (bicyclic) bond motifs is 3. The van der Waals surface area contributed by atoms with Gasteiger partial charge in [-0.15, -0.1) is 0 Å². The summed E-state index contributed by atoms with van der Waals surface area (Å²) in [7, 11) is 8.29. The number of nitrogens with one attached hydrogen (secondary N) is 3. The molecule has 0 fully saturated rings. The van der Waals surface area contributed by atoms with Gasteiger partial charge >= 0.3 is 0 Å². The number of ether oxygens (including phenoxy) is 3. The van der Waals surface area contributed by atoms with Gasteiger partial charge in [-0.05, 0) is 59.9 Å². The second-order valence-corrected chi connectivity index (χ2v) is 7.28. The van der Waals surface area contributed by atoms with Crippen LogP contribution < -0.4 is 35.6 Å². The molecule has 0 heterocycles. The van der Waals surface area contributed by atoms with Gasteiger partial charge in [0.25, 0.3) is 0 Å².